The van der Waals surface area contributed by atoms with Crippen LogP contribution >= 0.6 is 11.3 Å². The first-order valence-electron chi connectivity index (χ1n) is 6.90. The Labute approximate surface area is 125 Å². The van der Waals surface area contributed by atoms with E-state index in [1.807, 2.05) is 35.6 Å². The first-order valence-corrected chi connectivity index (χ1v) is 7.78. The maximum Gasteiger partial charge on any atom is 0.119 e. The highest BCUT2D eigenvalue weighted by atomic mass is 32.1. The SMILES string of the molecule is CN(CCOc1ccc(CN)cc1)CCc1cccs1. The predicted octanol–water partition coefficient (Wildman–Crippen LogP) is 2.76. The molecule has 0 aliphatic heterocycles. The molecule has 0 aliphatic carbocycles. The lowest BCUT2D eigenvalue weighted by Crippen LogP contribution is -2.26. The largest absolute Gasteiger partial charge is 0.492 e. The number of nitrogens with zero attached hydrogens (tertiary/aromatic N) is 1. The van der Waals surface area contributed by atoms with E-state index in [2.05, 4.69) is 29.5 Å². The smallest absolute Gasteiger partial charge is 0.119 e. The molecule has 1 aromatic heterocycles. The van der Waals surface area contributed by atoms with Crippen LogP contribution in [0, 0.1) is 0 Å². The van der Waals surface area contributed by atoms with Crippen LogP contribution in [-0.2, 0) is 13.0 Å². The van der Waals surface area contributed by atoms with Crippen molar-refractivity contribution < 1.29 is 4.74 Å². The van der Waals surface area contributed by atoms with Crippen LogP contribution in [0.3, 0.4) is 0 Å². The topological polar surface area (TPSA) is 38.5 Å². The van der Waals surface area contributed by atoms with Crippen LogP contribution in [0.4, 0.5) is 0 Å². The molecule has 0 bridgehead atoms. The lowest BCUT2D eigenvalue weighted by atomic mass is 10.2. The van der Waals surface area contributed by atoms with E-state index >= 15 is 0 Å². The Morgan fingerprint density at radius 2 is 1.95 bits per heavy atom. The van der Waals surface area contributed by atoms with Crippen LogP contribution in [0.2, 0.25) is 0 Å². The summed E-state index contributed by atoms with van der Waals surface area (Å²) in [6.45, 7) is 3.29. The summed E-state index contributed by atoms with van der Waals surface area (Å²) in [5, 5.41) is 2.13. The number of hydrogen-bond acceptors (Lipinski definition) is 4. The van der Waals surface area contributed by atoms with Crippen LogP contribution in [0.5, 0.6) is 5.75 Å². The van der Waals surface area contributed by atoms with Gasteiger partial charge >= 0.3 is 0 Å². The molecule has 0 spiro atoms. The van der Waals surface area contributed by atoms with Crippen molar-refractivity contribution in [2.75, 3.05) is 26.7 Å². The van der Waals surface area contributed by atoms with E-state index in [0.29, 0.717) is 13.2 Å². The van der Waals surface area contributed by atoms with Crippen molar-refractivity contribution in [3.05, 3.63) is 52.2 Å². The number of likely N-dealkylation sites (N-methyl/N-ethyl adjacent to an activating group) is 1. The average Bonchev–Trinajstić information content (AvgIpc) is 2.99. The molecule has 20 heavy (non-hydrogen) atoms. The summed E-state index contributed by atoms with van der Waals surface area (Å²) in [6, 6.07) is 12.3. The van der Waals surface area contributed by atoms with Crippen LogP contribution < -0.4 is 10.5 Å². The molecule has 2 N–H and O–H groups in total. The van der Waals surface area contributed by atoms with Crippen molar-refractivity contribution in [2.45, 2.75) is 13.0 Å². The van der Waals surface area contributed by atoms with Crippen molar-refractivity contribution in [2.24, 2.45) is 5.73 Å². The zero-order valence-electron chi connectivity index (χ0n) is 11.9. The second-order valence-corrected chi connectivity index (χ2v) is 5.86. The summed E-state index contributed by atoms with van der Waals surface area (Å²) in [5.41, 5.74) is 6.70. The molecule has 0 saturated heterocycles. The van der Waals surface area contributed by atoms with E-state index in [1.165, 1.54) is 4.88 Å². The van der Waals surface area contributed by atoms with Gasteiger partial charge in [-0.3, -0.25) is 0 Å². The second-order valence-electron chi connectivity index (χ2n) is 4.83. The van der Waals surface area contributed by atoms with Gasteiger partial charge < -0.3 is 15.4 Å². The summed E-state index contributed by atoms with van der Waals surface area (Å²) < 4.78 is 5.73. The quantitative estimate of drug-likeness (QED) is 0.812. The Morgan fingerprint density at radius 1 is 1.15 bits per heavy atom. The number of hydrogen-bond donors (Lipinski definition) is 1. The molecule has 1 aromatic carbocycles. The standard InChI is InChI=1S/C16H22N2OS/c1-18(9-8-16-3-2-12-20-16)10-11-19-15-6-4-14(13-17)5-7-15/h2-7,12H,8-11,13,17H2,1H3. The third-order valence-electron chi connectivity index (χ3n) is 3.22. The molecule has 108 valence electrons. The van der Waals surface area contributed by atoms with E-state index in [9.17, 15) is 0 Å². The third kappa shape index (κ3) is 4.96. The maximum absolute atomic E-state index is 5.73. The van der Waals surface area contributed by atoms with Gasteiger partial charge in [0.15, 0.2) is 0 Å². The van der Waals surface area contributed by atoms with Gasteiger partial charge in [-0.1, -0.05) is 18.2 Å². The maximum atomic E-state index is 5.73. The van der Waals surface area contributed by atoms with Crippen LogP contribution in [0.25, 0.3) is 0 Å². The molecule has 0 fully saturated rings. The highest BCUT2D eigenvalue weighted by Crippen LogP contribution is 2.12. The fourth-order valence-electron chi connectivity index (χ4n) is 1.91. The normalized spacial score (nSPS) is 10.9. The molecular weight excluding hydrogens is 268 g/mol. The Bertz CT molecular complexity index is 482. The molecule has 0 amide bonds. The molecular formula is C16H22N2OS. The summed E-state index contributed by atoms with van der Waals surface area (Å²) in [5.74, 6) is 0.911. The van der Waals surface area contributed by atoms with E-state index < -0.39 is 0 Å². The monoisotopic (exact) mass is 290 g/mol. The van der Waals surface area contributed by atoms with E-state index in [0.717, 1.165) is 30.8 Å². The molecule has 0 saturated carbocycles. The molecule has 2 rings (SSSR count). The van der Waals surface area contributed by atoms with Gasteiger partial charge in [-0.2, -0.15) is 0 Å². The number of nitrogens with two attached hydrogens (primary N) is 1. The average molecular weight is 290 g/mol. The number of thiophene rings is 1. The molecule has 4 heteroatoms. The molecule has 0 atom stereocenters. The fraction of sp³-hybridized carbons (Fsp3) is 0.375. The van der Waals surface area contributed by atoms with Gasteiger partial charge in [0.25, 0.3) is 0 Å². The van der Waals surface area contributed by atoms with Crippen LogP contribution in [-0.4, -0.2) is 31.6 Å². The molecule has 0 unspecified atom stereocenters. The third-order valence-corrected chi connectivity index (χ3v) is 4.16. The Hall–Kier alpha value is -1.36. The number of benzene rings is 1. The Morgan fingerprint density at radius 3 is 2.60 bits per heavy atom. The highest BCUT2D eigenvalue weighted by molar-refractivity contribution is 7.09. The molecule has 0 aliphatic rings. The molecule has 0 radical (unpaired) electrons. The van der Waals surface area contributed by atoms with Crippen molar-refractivity contribution in [3.63, 3.8) is 0 Å². The number of ether oxygens (including phenoxy) is 1. The minimum Gasteiger partial charge on any atom is -0.492 e. The summed E-state index contributed by atoms with van der Waals surface area (Å²) in [7, 11) is 2.13. The molecule has 1 heterocycles. The minimum absolute atomic E-state index is 0.575. The van der Waals surface area contributed by atoms with Gasteiger partial charge in [0.1, 0.15) is 12.4 Å². The zero-order valence-corrected chi connectivity index (χ0v) is 12.7. The molecule has 3 nitrogen and oxygen atoms in total. The predicted molar refractivity (Wildman–Crippen MR) is 85.3 cm³/mol. The first-order chi connectivity index (χ1) is 9.78. The highest BCUT2D eigenvalue weighted by Gasteiger charge is 2.01. The lowest BCUT2D eigenvalue weighted by molar-refractivity contribution is 0.239. The van der Waals surface area contributed by atoms with Gasteiger partial charge in [0, 0.05) is 24.5 Å². The van der Waals surface area contributed by atoms with E-state index in [-0.39, 0.29) is 0 Å². The first kappa shape index (κ1) is 15.0. The van der Waals surface area contributed by atoms with E-state index in [1.54, 1.807) is 0 Å². The Balaban J connectivity index is 1.64. The summed E-state index contributed by atoms with van der Waals surface area (Å²) in [6.07, 6.45) is 1.11. The summed E-state index contributed by atoms with van der Waals surface area (Å²) in [4.78, 5) is 3.74. The van der Waals surface area contributed by atoms with Crippen molar-refractivity contribution in [1.29, 1.82) is 0 Å². The van der Waals surface area contributed by atoms with Crippen molar-refractivity contribution >= 4 is 11.3 Å². The van der Waals surface area contributed by atoms with Gasteiger partial charge in [-0.05, 0) is 42.6 Å². The summed E-state index contributed by atoms with van der Waals surface area (Å²) >= 11 is 1.82. The number of rotatable bonds is 8. The van der Waals surface area contributed by atoms with E-state index in [4.69, 9.17) is 10.5 Å². The van der Waals surface area contributed by atoms with Gasteiger partial charge in [-0.25, -0.2) is 0 Å². The van der Waals surface area contributed by atoms with Crippen LogP contribution in [0.15, 0.2) is 41.8 Å². The van der Waals surface area contributed by atoms with Gasteiger partial charge in [0.05, 0.1) is 0 Å². The zero-order chi connectivity index (χ0) is 14.2. The van der Waals surface area contributed by atoms with Crippen molar-refractivity contribution in [1.82, 2.24) is 4.90 Å². The van der Waals surface area contributed by atoms with Crippen LogP contribution in [0.1, 0.15) is 10.4 Å². The van der Waals surface area contributed by atoms with Gasteiger partial charge in [0.2, 0.25) is 0 Å². The fourth-order valence-corrected chi connectivity index (χ4v) is 2.61. The minimum atomic E-state index is 0.575. The van der Waals surface area contributed by atoms with Gasteiger partial charge in [-0.15, -0.1) is 11.3 Å². The van der Waals surface area contributed by atoms with Crippen molar-refractivity contribution in [3.8, 4) is 5.75 Å². The Kier molecular flexibility index (Phi) is 6.05. The molecule has 2 aromatic rings. The second kappa shape index (κ2) is 8.04. The lowest BCUT2D eigenvalue weighted by Gasteiger charge is -2.16.